The first kappa shape index (κ1) is 20.2. The van der Waals surface area contributed by atoms with Crippen molar-refractivity contribution in [3.8, 4) is 5.75 Å². The van der Waals surface area contributed by atoms with Crippen molar-refractivity contribution in [3.63, 3.8) is 0 Å². The van der Waals surface area contributed by atoms with Crippen LogP contribution in [0.25, 0.3) is 0 Å². The molecular weight excluding hydrogens is 408 g/mol. The molecule has 28 heavy (non-hydrogen) atoms. The lowest BCUT2D eigenvalue weighted by atomic mass is 10.0. The minimum Gasteiger partial charge on any atom is -0.478 e. The summed E-state index contributed by atoms with van der Waals surface area (Å²) in [5.74, 6) is -1.09. The molecule has 1 aromatic heterocycles. The summed E-state index contributed by atoms with van der Waals surface area (Å²) < 4.78 is 34.5. The number of carbonyl (C=O) groups excluding carboxylic acids is 2. The second-order valence-corrected chi connectivity index (χ2v) is 8.84. The average Bonchev–Trinajstić information content (AvgIpc) is 2.91. The zero-order valence-electron chi connectivity index (χ0n) is 15.6. The molecule has 0 saturated carbocycles. The van der Waals surface area contributed by atoms with E-state index in [0.29, 0.717) is 11.3 Å². The molecule has 2 N–H and O–H groups in total. The molecule has 0 unspecified atom stereocenters. The standard InChI is InChI=1S/C17H19ClN4O5S/c1-8(2)15-17(24)20-11-5-9(3)13(6-12(11)27-15)28(25,26)21-16(23)14-10(18)7-19-22(14)4/h5-8,15H,1-4H3,(H,20,24)(H,21,23)/t15-/m1/s1. The van der Waals surface area contributed by atoms with Crippen LogP contribution in [0.1, 0.15) is 29.9 Å². The summed E-state index contributed by atoms with van der Waals surface area (Å²) in [6.07, 6.45) is 0.504. The van der Waals surface area contributed by atoms with E-state index in [0.717, 1.165) is 0 Å². The predicted molar refractivity (Wildman–Crippen MR) is 102 cm³/mol. The van der Waals surface area contributed by atoms with Gasteiger partial charge >= 0.3 is 0 Å². The van der Waals surface area contributed by atoms with Crippen molar-refractivity contribution in [2.45, 2.75) is 31.8 Å². The molecule has 0 aliphatic carbocycles. The fourth-order valence-electron chi connectivity index (χ4n) is 2.88. The van der Waals surface area contributed by atoms with Gasteiger partial charge in [-0.25, -0.2) is 13.1 Å². The highest BCUT2D eigenvalue weighted by Gasteiger charge is 2.32. The maximum absolute atomic E-state index is 12.8. The number of nitrogens with zero attached hydrogens (tertiary/aromatic N) is 2. The fraction of sp³-hybridized carbons (Fsp3) is 0.353. The molecule has 2 amide bonds. The van der Waals surface area contributed by atoms with E-state index in [2.05, 4.69) is 10.4 Å². The number of ether oxygens (including phenoxy) is 1. The summed E-state index contributed by atoms with van der Waals surface area (Å²) in [5, 5.41) is 6.56. The molecule has 3 rings (SSSR count). The summed E-state index contributed by atoms with van der Waals surface area (Å²) in [6, 6.07) is 2.78. The third-order valence-corrected chi connectivity index (χ3v) is 6.03. The van der Waals surface area contributed by atoms with Gasteiger partial charge in [-0.1, -0.05) is 25.4 Å². The summed E-state index contributed by atoms with van der Waals surface area (Å²) >= 11 is 5.90. The highest BCUT2D eigenvalue weighted by atomic mass is 35.5. The van der Waals surface area contributed by atoms with Crippen LogP contribution in [0.3, 0.4) is 0 Å². The van der Waals surface area contributed by atoms with Crippen molar-refractivity contribution >= 4 is 39.1 Å². The molecule has 9 nitrogen and oxygen atoms in total. The van der Waals surface area contributed by atoms with Crippen molar-refractivity contribution in [1.29, 1.82) is 0 Å². The minimum absolute atomic E-state index is 0.0307. The second-order valence-electron chi connectivity index (χ2n) is 6.78. The Bertz CT molecular complexity index is 1060. The lowest BCUT2D eigenvalue weighted by Gasteiger charge is -2.29. The lowest BCUT2D eigenvalue weighted by molar-refractivity contribution is -0.125. The SMILES string of the molecule is Cc1cc2c(cc1S(=O)(=O)NC(=O)c1c(Cl)cnn1C)O[C@H](C(C)C)C(=O)N2. The normalized spacial score (nSPS) is 16.4. The van der Waals surface area contributed by atoms with Gasteiger partial charge in [-0.3, -0.25) is 14.3 Å². The molecule has 0 spiro atoms. The molecule has 1 aliphatic heterocycles. The van der Waals surface area contributed by atoms with Gasteiger partial charge in [0.15, 0.2) is 6.10 Å². The Morgan fingerprint density at radius 3 is 2.64 bits per heavy atom. The van der Waals surface area contributed by atoms with Crippen LogP contribution in [-0.2, 0) is 21.9 Å². The number of hydrogen-bond donors (Lipinski definition) is 2. The van der Waals surface area contributed by atoms with Gasteiger partial charge in [0.25, 0.3) is 21.8 Å². The van der Waals surface area contributed by atoms with E-state index in [1.54, 1.807) is 6.92 Å². The molecule has 0 bridgehead atoms. The minimum atomic E-state index is -4.23. The van der Waals surface area contributed by atoms with Gasteiger partial charge in [-0.05, 0) is 24.5 Å². The van der Waals surface area contributed by atoms with Gasteiger partial charge in [-0.15, -0.1) is 0 Å². The van der Waals surface area contributed by atoms with Gasteiger partial charge in [0.2, 0.25) is 0 Å². The maximum Gasteiger partial charge on any atom is 0.284 e. The number of amides is 2. The van der Waals surface area contributed by atoms with Crippen molar-refractivity contribution in [2.24, 2.45) is 13.0 Å². The van der Waals surface area contributed by atoms with Crippen LogP contribution in [0.2, 0.25) is 5.02 Å². The molecule has 2 heterocycles. The van der Waals surface area contributed by atoms with Crippen LogP contribution in [0.15, 0.2) is 23.2 Å². The zero-order valence-corrected chi connectivity index (χ0v) is 17.2. The highest BCUT2D eigenvalue weighted by Crippen LogP contribution is 2.35. The van der Waals surface area contributed by atoms with Crippen LogP contribution >= 0.6 is 11.6 Å². The number of benzene rings is 1. The molecule has 11 heteroatoms. The van der Waals surface area contributed by atoms with E-state index in [1.165, 1.54) is 30.1 Å². The number of halogens is 1. The third kappa shape index (κ3) is 3.57. The van der Waals surface area contributed by atoms with E-state index in [4.69, 9.17) is 16.3 Å². The number of aryl methyl sites for hydroxylation is 2. The first-order valence-electron chi connectivity index (χ1n) is 8.38. The lowest BCUT2D eigenvalue weighted by Crippen LogP contribution is -2.40. The van der Waals surface area contributed by atoms with Crippen LogP contribution in [0, 0.1) is 12.8 Å². The monoisotopic (exact) mass is 426 g/mol. The van der Waals surface area contributed by atoms with Gasteiger partial charge in [0, 0.05) is 13.1 Å². The number of hydrogen-bond acceptors (Lipinski definition) is 6. The van der Waals surface area contributed by atoms with Crippen molar-refractivity contribution in [2.75, 3.05) is 5.32 Å². The molecule has 150 valence electrons. The number of sulfonamides is 1. The summed E-state index contributed by atoms with van der Waals surface area (Å²) in [6.45, 7) is 5.19. The molecular formula is C17H19ClN4O5S. The fourth-order valence-corrected chi connectivity index (χ4v) is 4.33. The molecule has 0 saturated heterocycles. The summed E-state index contributed by atoms with van der Waals surface area (Å²) in [7, 11) is -2.75. The topological polar surface area (TPSA) is 119 Å². The Kier molecular flexibility index (Phi) is 5.11. The quantitative estimate of drug-likeness (QED) is 0.770. The first-order chi connectivity index (χ1) is 13.0. The van der Waals surface area contributed by atoms with Crippen molar-refractivity contribution < 1.29 is 22.7 Å². The second kappa shape index (κ2) is 7.10. The molecule has 2 aromatic rings. The number of rotatable bonds is 4. The van der Waals surface area contributed by atoms with Gasteiger partial charge in [0.1, 0.15) is 11.4 Å². The van der Waals surface area contributed by atoms with E-state index >= 15 is 0 Å². The maximum atomic E-state index is 12.8. The molecule has 0 radical (unpaired) electrons. The van der Waals surface area contributed by atoms with Crippen LogP contribution in [-0.4, -0.2) is 36.1 Å². The highest BCUT2D eigenvalue weighted by molar-refractivity contribution is 7.90. The number of fused-ring (bicyclic) bond motifs is 1. The number of anilines is 1. The van der Waals surface area contributed by atoms with Gasteiger partial charge < -0.3 is 10.1 Å². The molecule has 0 fully saturated rings. The third-order valence-electron chi connectivity index (χ3n) is 4.28. The number of nitrogens with one attached hydrogen (secondary N) is 2. The Morgan fingerprint density at radius 2 is 2.07 bits per heavy atom. The van der Waals surface area contributed by atoms with Crippen molar-refractivity contribution in [1.82, 2.24) is 14.5 Å². The summed E-state index contributed by atoms with van der Waals surface area (Å²) in [5.41, 5.74) is 0.630. The van der Waals surface area contributed by atoms with Crippen LogP contribution in [0.5, 0.6) is 5.75 Å². The molecule has 1 atom stereocenters. The number of aromatic nitrogens is 2. The van der Waals surface area contributed by atoms with Crippen LogP contribution in [0.4, 0.5) is 5.69 Å². The van der Waals surface area contributed by atoms with E-state index in [9.17, 15) is 18.0 Å². The Morgan fingerprint density at radius 1 is 1.39 bits per heavy atom. The average molecular weight is 427 g/mol. The molecule has 1 aliphatic rings. The Balaban J connectivity index is 1.96. The Labute approximate surface area is 167 Å². The zero-order chi connectivity index (χ0) is 20.8. The molecule has 1 aromatic carbocycles. The number of carbonyl (C=O) groups is 2. The van der Waals surface area contributed by atoms with E-state index in [-0.39, 0.29) is 33.2 Å². The largest absolute Gasteiger partial charge is 0.478 e. The van der Waals surface area contributed by atoms with E-state index < -0.39 is 22.0 Å². The predicted octanol–water partition coefficient (Wildman–Crippen LogP) is 1.86. The van der Waals surface area contributed by atoms with Crippen molar-refractivity contribution in [3.05, 3.63) is 34.6 Å². The smallest absolute Gasteiger partial charge is 0.284 e. The first-order valence-corrected chi connectivity index (χ1v) is 10.2. The van der Waals surface area contributed by atoms with Gasteiger partial charge in [-0.2, -0.15) is 5.10 Å². The Hall–Kier alpha value is -2.59. The summed E-state index contributed by atoms with van der Waals surface area (Å²) in [4.78, 5) is 24.4. The van der Waals surface area contributed by atoms with E-state index in [1.807, 2.05) is 18.6 Å². The van der Waals surface area contributed by atoms with Gasteiger partial charge in [0.05, 0.1) is 21.8 Å². The van der Waals surface area contributed by atoms with Crippen LogP contribution < -0.4 is 14.8 Å².